The monoisotopic (exact) mass is 298 g/mol. The molecule has 0 spiro atoms. The molecule has 1 saturated heterocycles. The van der Waals surface area contributed by atoms with E-state index in [4.69, 9.17) is 16.6 Å². The van der Waals surface area contributed by atoms with Crippen LogP contribution in [0.2, 0.25) is 0 Å². The Morgan fingerprint density at radius 1 is 1.37 bits per heavy atom. The predicted octanol–water partition coefficient (Wildman–Crippen LogP) is 3.14. The van der Waals surface area contributed by atoms with Crippen LogP contribution >= 0.6 is 23.4 Å². The maximum Gasteiger partial charge on any atom is 0.158 e. The largest absolute Gasteiger partial charge is 0.309 e. The molecule has 0 aromatic carbocycles. The highest BCUT2D eigenvalue weighted by atomic mass is 35.5. The minimum atomic E-state index is 0.474. The van der Waals surface area contributed by atoms with Gasteiger partial charge in [-0.25, -0.2) is 4.98 Å². The third kappa shape index (κ3) is 2.17. The Morgan fingerprint density at radius 3 is 2.74 bits per heavy atom. The molecule has 19 heavy (non-hydrogen) atoms. The van der Waals surface area contributed by atoms with Crippen molar-refractivity contribution in [1.82, 2.24) is 19.3 Å². The van der Waals surface area contributed by atoms with Gasteiger partial charge in [-0.3, -0.25) is 4.68 Å². The molecular weight excluding hydrogens is 280 g/mol. The Bertz CT molecular complexity index is 583. The van der Waals surface area contributed by atoms with E-state index in [1.54, 1.807) is 0 Å². The number of aryl methyl sites for hydroxylation is 2. The van der Waals surface area contributed by atoms with Crippen molar-refractivity contribution in [3.63, 3.8) is 0 Å². The van der Waals surface area contributed by atoms with Crippen molar-refractivity contribution in [1.29, 1.82) is 0 Å². The SMILES string of the molecule is CCc1nn(C)c2c1nc(CCl)n2C1CCSCC1. The lowest BCUT2D eigenvalue weighted by Crippen LogP contribution is -2.18. The maximum atomic E-state index is 6.11. The molecule has 0 radical (unpaired) electrons. The van der Waals surface area contributed by atoms with Crippen LogP contribution in [0.5, 0.6) is 0 Å². The van der Waals surface area contributed by atoms with Crippen molar-refractivity contribution in [3.05, 3.63) is 11.5 Å². The lowest BCUT2D eigenvalue weighted by atomic mass is 10.1. The molecule has 104 valence electrons. The highest BCUT2D eigenvalue weighted by Crippen LogP contribution is 2.32. The summed E-state index contributed by atoms with van der Waals surface area (Å²) in [5.41, 5.74) is 3.26. The molecule has 0 atom stereocenters. The normalized spacial score (nSPS) is 17.4. The fraction of sp³-hybridized carbons (Fsp3) is 0.692. The van der Waals surface area contributed by atoms with Crippen LogP contribution in [0.3, 0.4) is 0 Å². The van der Waals surface area contributed by atoms with E-state index in [0.717, 1.165) is 29.1 Å². The first-order valence-corrected chi connectivity index (χ1v) is 8.51. The van der Waals surface area contributed by atoms with Crippen molar-refractivity contribution in [2.75, 3.05) is 11.5 Å². The summed E-state index contributed by atoms with van der Waals surface area (Å²) < 4.78 is 4.31. The summed E-state index contributed by atoms with van der Waals surface area (Å²) in [7, 11) is 2.01. The van der Waals surface area contributed by atoms with Crippen LogP contribution in [0.15, 0.2) is 0 Å². The van der Waals surface area contributed by atoms with Gasteiger partial charge in [0.05, 0.1) is 11.6 Å². The molecule has 6 heteroatoms. The van der Waals surface area contributed by atoms with Gasteiger partial charge in [-0.05, 0) is 30.8 Å². The van der Waals surface area contributed by atoms with E-state index >= 15 is 0 Å². The van der Waals surface area contributed by atoms with E-state index in [1.165, 1.54) is 24.3 Å². The van der Waals surface area contributed by atoms with Gasteiger partial charge in [-0.15, -0.1) is 11.6 Å². The molecule has 3 heterocycles. The molecule has 0 unspecified atom stereocenters. The predicted molar refractivity (Wildman–Crippen MR) is 81.0 cm³/mol. The highest BCUT2D eigenvalue weighted by molar-refractivity contribution is 7.99. The van der Waals surface area contributed by atoms with Crippen molar-refractivity contribution in [3.8, 4) is 0 Å². The van der Waals surface area contributed by atoms with Crippen molar-refractivity contribution in [2.24, 2.45) is 7.05 Å². The van der Waals surface area contributed by atoms with Gasteiger partial charge in [0.2, 0.25) is 0 Å². The molecule has 0 saturated carbocycles. The molecule has 1 aliphatic heterocycles. The lowest BCUT2D eigenvalue weighted by Gasteiger charge is -2.24. The quantitative estimate of drug-likeness (QED) is 0.817. The van der Waals surface area contributed by atoms with Crippen molar-refractivity contribution >= 4 is 34.5 Å². The summed E-state index contributed by atoms with van der Waals surface area (Å²) in [6.07, 6.45) is 3.32. The summed E-state index contributed by atoms with van der Waals surface area (Å²) in [5, 5.41) is 4.58. The Morgan fingerprint density at radius 2 is 2.11 bits per heavy atom. The zero-order valence-electron chi connectivity index (χ0n) is 11.4. The highest BCUT2D eigenvalue weighted by Gasteiger charge is 2.24. The molecule has 1 fully saturated rings. The van der Waals surface area contributed by atoms with E-state index in [0.29, 0.717) is 11.9 Å². The van der Waals surface area contributed by atoms with Gasteiger partial charge in [0.25, 0.3) is 0 Å². The van der Waals surface area contributed by atoms with Crippen LogP contribution in [0, 0.1) is 0 Å². The number of hydrogen-bond donors (Lipinski definition) is 0. The van der Waals surface area contributed by atoms with E-state index < -0.39 is 0 Å². The molecule has 0 bridgehead atoms. The minimum Gasteiger partial charge on any atom is -0.309 e. The van der Waals surface area contributed by atoms with Crippen molar-refractivity contribution < 1.29 is 0 Å². The number of nitrogens with zero attached hydrogens (tertiary/aromatic N) is 4. The van der Waals surface area contributed by atoms with Crippen LogP contribution in [-0.4, -0.2) is 30.8 Å². The molecule has 4 nitrogen and oxygen atoms in total. The van der Waals surface area contributed by atoms with Gasteiger partial charge in [-0.2, -0.15) is 16.9 Å². The average molecular weight is 299 g/mol. The number of aromatic nitrogens is 4. The Balaban J connectivity index is 2.17. The standard InChI is InChI=1S/C13H19ClN4S/c1-3-10-12-13(17(2)16-10)18(11(8-14)15-12)9-4-6-19-7-5-9/h9H,3-8H2,1-2H3. The van der Waals surface area contributed by atoms with E-state index in [9.17, 15) is 0 Å². The summed E-state index contributed by atoms with van der Waals surface area (Å²) in [6, 6.07) is 0.528. The van der Waals surface area contributed by atoms with Gasteiger partial charge < -0.3 is 4.57 Å². The third-order valence-electron chi connectivity index (χ3n) is 3.82. The van der Waals surface area contributed by atoms with Crippen molar-refractivity contribution in [2.45, 2.75) is 38.1 Å². The molecule has 3 rings (SSSR count). The summed E-state index contributed by atoms with van der Waals surface area (Å²) >= 11 is 8.15. The summed E-state index contributed by atoms with van der Waals surface area (Å²) in [5.74, 6) is 3.92. The van der Waals surface area contributed by atoms with Gasteiger partial charge in [-0.1, -0.05) is 6.92 Å². The number of imidazole rings is 1. The van der Waals surface area contributed by atoms with Crippen LogP contribution in [0.1, 0.15) is 37.3 Å². The number of fused-ring (bicyclic) bond motifs is 1. The Labute approximate surface area is 122 Å². The zero-order valence-corrected chi connectivity index (χ0v) is 13.0. The second kappa shape index (κ2) is 5.37. The Hall–Kier alpha value is -0.680. The minimum absolute atomic E-state index is 0.474. The smallest absolute Gasteiger partial charge is 0.158 e. The van der Waals surface area contributed by atoms with Gasteiger partial charge in [0, 0.05) is 13.1 Å². The molecule has 2 aromatic heterocycles. The van der Waals surface area contributed by atoms with E-state index in [-0.39, 0.29) is 0 Å². The maximum absolute atomic E-state index is 6.11. The van der Waals surface area contributed by atoms with Crippen LogP contribution in [-0.2, 0) is 19.3 Å². The number of hydrogen-bond acceptors (Lipinski definition) is 3. The molecule has 0 amide bonds. The fourth-order valence-electron chi connectivity index (χ4n) is 2.91. The van der Waals surface area contributed by atoms with Gasteiger partial charge in [0.1, 0.15) is 11.3 Å². The first-order valence-electron chi connectivity index (χ1n) is 6.82. The number of thioether (sulfide) groups is 1. The average Bonchev–Trinajstić information content (AvgIpc) is 2.97. The van der Waals surface area contributed by atoms with Crippen LogP contribution in [0.4, 0.5) is 0 Å². The second-order valence-electron chi connectivity index (χ2n) is 4.97. The second-order valence-corrected chi connectivity index (χ2v) is 6.46. The molecule has 1 aliphatic rings. The molecular formula is C13H19ClN4S. The Kier molecular flexibility index (Phi) is 3.76. The topological polar surface area (TPSA) is 35.6 Å². The number of halogens is 1. The number of alkyl halides is 1. The molecule has 0 aliphatic carbocycles. The molecule has 2 aromatic rings. The summed E-state index contributed by atoms with van der Waals surface area (Å²) in [6.45, 7) is 2.12. The zero-order chi connectivity index (χ0) is 13.4. The van der Waals surface area contributed by atoms with Crippen LogP contribution in [0.25, 0.3) is 11.2 Å². The van der Waals surface area contributed by atoms with Gasteiger partial charge in [0.15, 0.2) is 5.65 Å². The lowest BCUT2D eigenvalue weighted by molar-refractivity contribution is 0.461. The summed E-state index contributed by atoms with van der Waals surface area (Å²) in [4.78, 5) is 4.74. The first-order chi connectivity index (χ1) is 9.26. The van der Waals surface area contributed by atoms with E-state index in [1.807, 2.05) is 23.5 Å². The first kappa shape index (κ1) is 13.3. The van der Waals surface area contributed by atoms with Crippen LogP contribution < -0.4 is 0 Å². The van der Waals surface area contributed by atoms with Gasteiger partial charge >= 0.3 is 0 Å². The van der Waals surface area contributed by atoms with E-state index in [2.05, 4.69) is 16.6 Å². The molecule has 0 N–H and O–H groups in total. The number of rotatable bonds is 3. The third-order valence-corrected chi connectivity index (χ3v) is 5.11. The fourth-order valence-corrected chi connectivity index (χ4v) is 4.18.